The lowest BCUT2D eigenvalue weighted by molar-refractivity contribution is 1.32. The second kappa shape index (κ2) is 6.65. The molecule has 21 heavy (non-hydrogen) atoms. The monoisotopic (exact) mass is 338 g/mol. The van der Waals surface area contributed by atoms with E-state index in [9.17, 15) is 0 Å². The molecule has 0 aliphatic heterocycles. The minimum Gasteiger partial charge on any atom is -0.332 e. The van der Waals surface area contributed by atoms with Crippen LogP contribution in [0.2, 0.25) is 10.0 Å². The molecular weight excluding hydrogens is 323 g/mol. The molecule has 2 nitrogen and oxygen atoms in total. The smallest absolute Gasteiger partial charge is 0.175 e. The fourth-order valence-electron chi connectivity index (χ4n) is 2.24. The number of anilines is 2. The maximum Gasteiger partial charge on any atom is 0.175 e. The van der Waals surface area contributed by atoms with Crippen molar-refractivity contribution in [3.05, 3.63) is 57.1 Å². The molecular formula is C16H16Cl2N2S. The van der Waals surface area contributed by atoms with E-state index >= 15 is 0 Å². The molecule has 5 heteroatoms. The molecule has 2 N–H and O–H groups in total. The van der Waals surface area contributed by atoms with Crippen LogP contribution >= 0.6 is 35.4 Å². The van der Waals surface area contributed by atoms with Crippen LogP contribution in [0, 0.1) is 20.8 Å². The first kappa shape index (κ1) is 16.1. The highest BCUT2D eigenvalue weighted by molar-refractivity contribution is 7.80. The highest BCUT2D eigenvalue weighted by Gasteiger charge is 2.08. The third kappa shape index (κ3) is 4.10. The number of hydrogen-bond acceptors (Lipinski definition) is 1. The van der Waals surface area contributed by atoms with Crippen molar-refractivity contribution in [3.63, 3.8) is 0 Å². The van der Waals surface area contributed by atoms with Gasteiger partial charge < -0.3 is 10.6 Å². The summed E-state index contributed by atoms with van der Waals surface area (Å²) in [6, 6.07) is 9.48. The number of rotatable bonds is 2. The Kier molecular flexibility index (Phi) is 5.09. The average molecular weight is 339 g/mol. The van der Waals surface area contributed by atoms with Gasteiger partial charge in [0, 0.05) is 10.7 Å². The van der Waals surface area contributed by atoms with Crippen LogP contribution < -0.4 is 10.6 Å². The van der Waals surface area contributed by atoms with E-state index in [4.69, 9.17) is 35.4 Å². The molecule has 0 saturated heterocycles. The standard InChI is InChI=1S/C16H16Cl2N2S/c1-9-6-10(2)15(11(3)7-9)20-16(21)19-14-5-4-12(17)8-13(14)18/h4-8H,1-3H3,(H2,19,20,21). The van der Waals surface area contributed by atoms with Gasteiger partial charge in [-0.05, 0) is 62.3 Å². The average Bonchev–Trinajstić information content (AvgIpc) is 2.37. The van der Waals surface area contributed by atoms with Crippen molar-refractivity contribution < 1.29 is 0 Å². The van der Waals surface area contributed by atoms with Crippen LogP contribution in [0.15, 0.2) is 30.3 Å². The second-order valence-electron chi connectivity index (χ2n) is 4.98. The molecule has 0 amide bonds. The van der Waals surface area contributed by atoms with Crippen molar-refractivity contribution in [1.82, 2.24) is 0 Å². The van der Waals surface area contributed by atoms with Crippen LogP contribution in [0.1, 0.15) is 16.7 Å². The Balaban J connectivity index is 2.16. The molecule has 0 saturated carbocycles. The summed E-state index contributed by atoms with van der Waals surface area (Å²) in [7, 11) is 0. The second-order valence-corrected chi connectivity index (χ2v) is 6.23. The predicted molar refractivity (Wildman–Crippen MR) is 97.0 cm³/mol. The fourth-order valence-corrected chi connectivity index (χ4v) is 2.90. The van der Waals surface area contributed by atoms with Gasteiger partial charge in [-0.15, -0.1) is 0 Å². The van der Waals surface area contributed by atoms with Crippen molar-refractivity contribution in [2.24, 2.45) is 0 Å². The van der Waals surface area contributed by atoms with Crippen LogP contribution in [0.4, 0.5) is 11.4 Å². The van der Waals surface area contributed by atoms with E-state index < -0.39 is 0 Å². The van der Waals surface area contributed by atoms with Gasteiger partial charge in [-0.25, -0.2) is 0 Å². The highest BCUT2D eigenvalue weighted by Crippen LogP contribution is 2.26. The molecule has 0 spiro atoms. The Morgan fingerprint density at radius 3 is 2.14 bits per heavy atom. The zero-order chi connectivity index (χ0) is 15.6. The number of thiocarbonyl (C=S) groups is 1. The quantitative estimate of drug-likeness (QED) is 0.684. The molecule has 110 valence electrons. The Morgan fingerprint density at radius 1 is 0.952 bits per heavy atom. The molecule has 0 aromatic heterocycles. The van der Waals surface area contributed by atoms with Crippen LogP contribution in [0.5, 0.6) is 0 Å². The summed E-state index contributed by atoms with van der Waals surface area (Å²) in [6.07, 6.45) is 0. The van der Waals surface area contributed by atoms with Gasteiger partial charge in [0.2, 0.25) is 0 Å². The van der Waals surface area contributed by atoms with Crippen molar-refractivity contribution in [2.45, 2.75) is 20.8 Å². The van der Waals surface area contributed by atoms with Crippen LogP contribution in [-0.4, -0.2) is 5.11 Å². The Morgan fingerprint density at radius 2 is 1.57 bits per heavy atom. The Labute approximate surface area is 140 Å². The van der Waals surface area contributed by atoms with Gasteiger partial charge in [-0.1, -0.05) is 40.9 Å². The third-order valence-corrected chi connectivity index (χ3v) is 3.85. The number of benzene rings is 2. The number of aryl methyl sites for hydroxylation is 3. The van der Waals surface area contributed by atoms with Gasteiger partial charge in [0.1, 0.15) is 0 Å². The Bertz CT molecular complexity index is 676. The predicted octanol–water partition coefficient (Wildman–Crippen LogP) is 5.73. The maximum atomic E-state index is 6.13. The summed E-state index contributed by atoms with van der Waals surface area (Å²) in [5.41, 5.74) is 5.28. The maximum absolute atomic E-state index is 6.13. The van der Waals surface area contributed by atoms with Gasteiger partial charge in [-0.3, -0.25) is 0 Å². The Hall–Kier alpha value is -1.29. The van der Waals surface area contributed by atoms with Crippen LogP contribution in [0.25, 0.3) is 0 Å². The first-order chi connectivity index (χ1) is 9.86. The number of nitrogens with one attached hydrogen (secondary N) is 2. The summed E-state index contributed by atoms with van der Waals surface area (Å²) < 4.78 is 0. The molecule has 0 bridgehead atoms. The lowest BCUT2D eigenvalue weighted by Gasteiger charge is -2.16. The topological polar surface area (TPSA) is 24.1 Å². The van der Waals surface area contributed by atoms with E-state index in [1.165, 1.54) is 5.56 Å². The molecule has 2 aromatic carbocycles. The van der Waals surface area contributed by atoms with Gasteiger partial charge in [-0.2, -0.15) is 0 Å². The summed E-state index contributed by atoms with van der Waals surface area (Å²) >= 11 is 17.4. The highest BCUT2D eigenvalue weighted by atomic mass is 35.5. The van der Waals surface area contributed by atoms with Crippen molar-refractivity contribution in [3.8, 4) is 0 Å². The minimum absolute atomic E-state index is 0.495. The molecule has 0 atom stereocenters. The minimum atomic E-state index is 0.495. The lowest BCUT2D eigenvalue weighted by atomic mass is 10.1. The van der Waals surface area contributed by atoms with E-state index in [1.807, 2.05) is 0 Å². The number of halogens is 2. The fraction of sp³-hybridized carbons (Fsp3) is 0.188. The van der Waals surface area contributed by atoms with E-state index in [0.29, 0.717) is 15.2 Å². The molecule has 0 aliphatic carbocycles. The van der Waals surface area contributed by atoms with E-state index in [-0.39, 0.29) is 0 Å². The number of hydrogen-bond donors (Lipinski definition) is 2. The summed E-state index contributed by atoms with van der Waals surface area (Å²) in [5, 5.41) is 7.93. The molecule has 2 rings (SSSR count). The van der Waals surface area contributed by atoms with Gasteiger partial charge >= 0.3 is 0 Å². The zero-order valence-corrected chi connectivity index (χ0v) is 14.4. The first-order valence-electron chi connectivity index (χ1n) is 6.47. The largest absolute Gasteiger partial charge is 0.332 e. The first-order valence-corrected chi connectivity index (χ1v) is 7.64. The summed E-state index contributed by atoms with van der Waals surface area (Å²) in [6.45, 7) is 6.19. The zero-order valence-electron chi connectivity index (χ0n) is 12.1. The molecule has 0 radical (unpaired) electrons. The summed E-state index contributed by atoms with van der Waals surface area (Å²) in [4.78, 5) is 0. The normalized spacial score (nSPS) is 10.3. The van der Waals surface area contributed by atoms with E-state index in [0.717, 1.165) is 22.5 Å². The van der Waals surface area contributed by atoms with E-state index in [2.05, 4.69) is 43.5 Å². The van der Waals surface area contributed by atoms with Crippen molar-refractivity contribution in [2.75, 3.05) is 10.6 Å². The molecule has 0 fully saturated rings. The lowest BCUT2D eigenvalue weighted by Crippen LogP contribution is -2.20. The molecule has 0 aliphatic rings. The SMILES string of the molecule is Cc1cc(C)c(NC(=S)Nc2ccc(Cl)cc2Cl)c(C)c1. The molecule has 2 aromatic rings. The molecule has 0 unspecified atom stereocenters. The summed E-state index contributed by atoms with van der Waals surface area (Å²) in [5.74, 6) is 0. The molecule has 0 heterocycles. The van der Waals surface area contributed by atoms with Gasteiger partial charge in [0.05, 0.1) is 10.7 Å². The van der Waals surface area contributed by atoms with E-state index in [1.54, 1.807) is 18.2 Å². The van der Waals surface area contributed by atoms with Gasteiger partial charge in [0.15, 0.2) is 5.11 Å². The van der Waals surface area contributed by atoms with Crippen LogP contribution in [-0.2, 0) is 0 Å². The van der Waals surface area contributed by atoms with Gasteiger partial charge in [0.25, 0.3) is 0 Å². The third-order valence-electron chi connectivity index (χ3n) is 3.09. The van der Waals surface area contributed by atoms with Crippen LogP contribution in [0.3, 0.4) is 0 Å². The van der Waals surface area contributed by atoms with Crippen molar-refractivity contribution >= 4 is 51.9 Å². The van der Waals surface area contributed by atoms with Crippen molar-refractivity contribution in [1.29, 1.82) is 0 Å².